The van der Waals surface area contributed by atoms with Gasteiger partial charge in [-0.05, 0) is 13.0 Å². The van der Waals surface area contributed by atoms with Crippen LogP contribution in [-0.4, -0.2) is 31.6 Å². The average molecular weight is 285 g/mol. The van der Waals surface area contributed by atoms with Gasteiger partial charge in [0.25, 0.3) is 0 Å². The summed E-state index contributed by atoms with van der Waals surface area (Å²) in [6.07, 6.45) is -3.80. The SMILES string of the molecule is C[C@@H](NS(=O)(=O)c1cc[nH]c1C(=O)[O-])C(F)(F)F. The molecule has 1 rings (SSSR count). The number of carboxylic acids is 1. The summed E-state index contributed by atoms with van der Waals surface area (Å²) in [6.45, 7) is 0.600. The number of aromatic carboxylic acids is 1. The van der Waals surface area contributed by atoms with Crippen LogP contribution in [0.25, 0.3) is 0 Å². The van der Waals surface area contributed by atoms with E-state index in [1.165, 1.54) is 4.72 Å². The first-order valence-corrected chi connectivity index (χ1v) is 6.02. The van der Waals surface area contributed by atoms with Gasteiger partial charge in [0.05, 0.1) is 11.7 Å². The molecule has 1 aromatic rings. The molecule has 10 heteroatoms. The van der Waals surface area contributed by atoms with Gasteiger partial charge in [-0.15, -0.1) is 0 Å². The molecule has 0 bridgehead atoms. The Morgan fingerprint density at radius 2 is 2.06 bits per heavy atom. The Balaban J connectivity index is 3.08. The van der Waals surface area contributed by atoms with E-state index in [1.54, 1.807) is 0 Å². The van der Waals surface area contributed by atoms with Crippen molar-refractivity contribution in [3.8, 4) is 0 Å². The number of carboxylic acid groups (broad SMARTS) is 1. The minimum absolute atomic E-state index is 0.600. The maximum Gasteiger partial charge on any atom is 0.404 e. The fraction of sp³-hybridized carbons (Fsp3) is 0.375. The topological polar surface area (TPSA) is 102 Å². The summed E-state index contributed by atoms with van der Waals surface area (Å²) in [6, 6.07) is -1.51. The molecule has 1 aromatic heterocycles. The highest BCUT2D eigenvalue weighted by Crippen LogP contribution is 2.22. The molecule has 0 radical (unpaired) electrons. The molecule has 6 nitrogen and oxygen atoms in total. The quantitative estimate of drug-likeness (QED) is 0.786. The molecule has 0 aliphatic heterocycles. The number of aromatic amines is 1. The fourth-order valence-corrected chi connectivity index (χ4v) is 2.49. The highest BCUT2D eigenvalue weighted by Gasteiger charge is 2.39. The lowest BCUT2D eigenvalue weighted by Gasteiger charge is -2.17. The third-order valence-corrected chi connectivity index (χ3v) is 3.61. The van der Waals surface area contributed by atoms with Crippen LogP contribution in [-0.2, 0) is 10.0 Å². The van der Waals surface area contributed by atoms with Crippen LogP contribution in [0.2, 0.25) is 0 Å². The predicted octanol–water partition coefficient (Wildman–Crippen LogP) is -0.393. The Labute approximate surface area is 99.9 Å². The Morgan fingerprint density at radius 3 is 2.50 bits per heavy atom. The molecule has 2 N–H and O–H groups in total. The summed E-state index contributed by atoms with van der Waals surface area (Å²) in [5.74, 6) is -1.83. The molecular weight excluding hydrogens is 277 g/mol. The van der Waals surface area contributed by atoms with Gasteiger partial charge in [-0.2, -0.15) is 17.9 Å². The molecule has 0 amide bonds. The number of carbonyl (C=O) groups is 1. The van der Waals surface area contributed by atoms with Gasteiger partial charge in [0.2, 0.25) is 10.0 Å². The van der Waals surface area contributed by atoms with Crippen LogP contribution in [0.5, 0.6) is 0 Å². The first-order valence-electron chi connectivity index (χ1n) is 4.53. The average Bonchev–Trinajstić information content (AvgIpc) is 2.63. The highest BCUT2D eigenvalue weighted by atomic mass is 32.2. The number of aromatic nitrogens is 1. The summed E-state index contributed by atoms with van der Waals surface area (Å²) in [7, 11) is -4.60. The first kappa shape index (κ1) is 14.5. The number of carbonyl (C=O) groups excluding carboxylic acids is 1. The van der Waals surface area contributed by atoms with Crippen LogP contribution in [0, 0.1) is 0 Å². The van der Waals surface area contributed by atoms with Gasteiger partial charge in [-0.1, -0.05) is 0 Å². The third kappa shape index (κ3) is 3.01. The molecule has 0 unspecified atom stereocenters. The first-order chi connectivity index (χ1) is 8.05. The van der Waals surface area contributed by atoms with E-state index in [4.69, 9.17) is 0 Å². The second-order valence-corrected chi connectivity index (χ2v) is 5.07. The lowest BCUT2D eigenvalue weighted by Crippen LogP contribution is -2.43. The maximum absolute atomic E-state index is 12.2. The van der Waals surface area contributed by atoms with Crippen molar-refractivity contribution >= 4 is 16.0 Å². The van der Waals surface area contributed by atoms with Gasteiger partial charge in [0, 0.05) is 6.20 Å². The van der Waals surface area contributed by atoms with Gasteiger partial charge < -0.3 is 14.9 Å². The largest absolute Gasteiger partial charge is 0.543 e. The fourth-order valence-electron chi connectivity index (χ4n) is 1.10. The molecule has 0 aromatic carbocycles. The summed E-state index contributed by atoms with van der Waals surface area (Å²) in [4.78, 5) is 11.8. The van der Waals surface area contributed by atoms with Crippen LogP contribution >= 0.6 is 0 Å². The van der Waals surface area contributed by atoms with Crippen LogP contribution in [0.1, 0.15) is 17.4 Å². The second-order valence-electron chi connectivity index (χ2n) is 3.39. The Kier molecular flexibility index (Phi) is 3.72. The molecule has 102 valence electrons. The van der Waals surface area contributed by atoms with Gasteiger partial charge in [0.1, 0.15) is 10.9 Å². The number of hydrogen-bond donors (Lipinski definition) is 2. The highest BCUT2D eigenvalue weighted by molar-refractivity contribution is 7.89. The third-order valence-electron chi connectivity index (χ3n) is 2.03. The van der Waals surface area contributed by atoms with Crippen LogP contribution in [0.4, 0.5) is 13.2 Å². The Bertz CT molecular complexity index is 549. The van der Waals surface area contributed by atoms with Crippen LogP contribution < -0.4 is 9.83 Å². The lowest BCUT2D eigenvalue weighted by molar-refractivity contribution is -0.255. The summed E-state index contributed by atoms with van der Waals surface area (Å²) >= 11 is 0. The molecule has 0 aliphatic rings. The van der Waals surface area contributed by atoms with E-state index in [1.807, 2.05) is 0 Å². The van der Waals surface area contributed by atoms with Crippen LogP contribution in [0.15, 0.2) is 17.2 Å². The van der Waals surface area contributed by atoms with Crippen molar-refractivity contribution in [2.75, 3.05) is 0 Å². The Morgan fingerprint density at radius 1 is 1.50 bits per heavy atom. The minimum atomic E-state index is -4.77. The lowest BCUT2D eigenvalue weighted by atomic mass is 10.4. The zero-order chi connectivity index (χ0) is 14.1. The molecule has 0 aliphatic carbocycles. The number of H-pyrrole nitrogens is 1. The number of rotatable bonds is 4. The smallest absolute Gasteiger partial charge is 0.404 e. The van der Waals surface area contributed by atoms with E-state index < -0.39 is 38.8 Å². The molecule has 1 heterocycles. The molecular formula is C8H8F3N2O4S-. The Hall–Kier alpha value is -1.55. The van der Waals surface area contributed by atoms with Gasteiger partial charge in [-0.3, -0.25) is 0 Å². The van der Waals surface area contributed by atoms with Gasteiger partial charge in [-0.25, -0.2) is 8.42 Å². The molecule has 0 fully saturated rings. The van der Waals surface area contributed by atoms with Crippen molar-refractivity contribution in [1.29, 1.82) is 0 Å². The minimum Gasteiger partial charge on any atom is -0.543 e. The summed E-state index contributed by atoms with van der Waals surface area (Å²) < 4.78 is 61.1. The van der Waals surface area contributed by atoms with E-state index in [-0.39, 0.29) is 0 Å². The predicted molar refractivity (Wildman–Crippen MR) is 51.0 cm³/mol. The van der Waals surface area contributed by atoms with E-state index in [0.29, 0.717) is 6.92 Å². The monoisotopic (exact) mass is 285 g/mol. The van der Waals surface area contributed by atoms with Crippen molar-refractivity contribution in [3.05, 3.63) is 18.0 Å². The zero-order valence-corrected chi connectivity index (χ0v) is 9.72. The summed E-state index contributed by atoms with van der Waals surface area (Å²) in [5.41, 5.74) is -0.808. The number of nitrogens with one attached hydrogen (secondary N) is 2. The second kappa shape index (κ2) is 4.61. The van der Waals surface area contributed by atoms with E-state index in [0.717, 1.165) is 12.3 Å². The van der Waals surface area contributed by atoms with Crippen molar-refractivity contribution in [1.82, 2.24) is 9.71 Å². The number of sulfonamides is 1. The maximum atomic E-state index is 12.2. The van der Waals surface area contributed by atoms with Gasteiger partial charge >= 0.3 is 6.18 Å². The molecule has 1 atom stereocenters. The normalized spacial score (nSPS) is 14.4. The molecule has 0 saturated heterocycles. The van der Waals surface area contributed by atoms with Crippen molar-refractivity contribution < 1.29 is 31.5 Å². The molecule has 18 heavy (non-hydrogen) atoms. The van der Waals surface area contributed by atoms with E-state index in [9.17, 15) is 31.5 Å². The van der Waals surface area contributed by atoms with Crippen LogP contribution in [0.3, 0.4) is 0 Å². The van der Waals surface area contributed by atoms with E-state index in [2.05, 4.69) is 4.98 Å². The number of hydrogen-bond acceptors (Lipinski definition) is 4. The summed E-state index contributed by atoms with van der Waals surface area (Å²) in [5, 5.41) is 10.6. The van der Waals surface area contributed by atoms with E-state index >= 15 is 0 Å². The van der Waals surface area contributed by atoms with Crippen molar-refractivity contribution in [2.45, 2.75) is 24.0 Å². The zero-order valence-electron chi connectivity index (χ0n) is 8.91. The standard InChI is InChI=1S/C8H9F3N2O4S/c1-4(8(9,10)11)13-18(16,17)5-2-3-12-6(5)7(14)15/h2-4,12-13H,1H3,(H,14,15)/p-1/t4-/m1/s1. The van der Waals surface area contributed by atoms with Crippen molar-refractivity contribution in [2.24, 2.45) is 0 Å². The van der Waals surface area contributed by atoms with Crippen molar-refractivity contribution in [3.63, 3.8) is 0 Å². The molecule has 0 spiro atoms. The number of alkyl halides is 3. The van der Waals surface area contributed by atoms with Gasteiger partial charge in [0.15, 0.2) is 0 Å². The number of halogens is 3. The molecule has 0 saturated carbocycles.